The molecule has 0 aliphatic rings. The Hall–Kier alpha value is -1.26. The van der Waals surface area contributed by atoms with Gasteiger partial charge in [-0.25, -0.2) is 4.79 Å². The van der Waals surface area contributed by atoms with E-state index < -0.39 is 17.7 Å². The second-order valence-electron chi connectivity index (χ2n) is 7.14. The normalized spacial score (nSPS) is 12.6. The standard InChI is InChI=1S/C18H37N3O6/c1-18(2,3)27-17(23)21-26-14-13-25-12-11-24-10-6-8-16(22)15(20)7-4-5-9-19/h15H,4-14,19-20H2,1-3H3,(H,21,23)/t15-/m0/s1. The van der Waals surface area contributed by atoms with Crippen LogP contribution in [0.15, 0.2) is 0 Å². The van der Waals surface area contributed by atoms with Crippen molar-refractivity contribution in [2.45, 2.75) is 64.5 Å². The fourth-order valence-corrected chi connectivity index (χ4v) is 2.03. The van der Waals surface area contributed by atoms with Crippen molar-refractivity contribution in [3.63, 3.8) is 0 Å². The highest BCUT2D eigenvalue weighted by Crippen LogP contribution is 2.06. The van der Waals surface area contributed by atoms with Gasteiger partial charge in [-0.2, -0.15) is 5.48 Å². The number of rotatable bonds is 16. The first-order chi connectivity index (χ1) is 12.8. The van der Waals surface area contributed by atoms with Crippen molar-refractivity contribution < 1.29 is 28.6 Å². The highest BCUT2D eigenvalue weighted by molar-refractivity contribution is 5.83. The van der Waals surface area contributed by atoms with Crippen molar-refractivity contribution >= 4 is 11.9 Å². The van der Waals surface area contributed by atoms with E-state index in [0.29, 0.717) is 52.2 Å². The Morgan fingerprint density at radius 1 is 0.963 bits per heavy atom. The molecule has 0 radical (unpaired) electrons. The van der Waals surface area contributed by atoms with E-state index in [1.807, 2.05) is 0 Å². The van der Waals surface area contributed by atoms with Gasteiger partial charge in [0.2, 0.25) is 0 Å². The molecule has 1 amide bonds. The molecule has 0 saturated heterocycles. The average Bonchev–Trinajstić information content (AvgIpc) is 2.57. The lowest BCUT2D eigenvalue weighted by molar-refractivity contribution is -0.120. The lowest BCUT2D eigenvalue weighted by atomic mass is 10.0. The van der Waals surface area contributed by atoms with Gasteiger partial charge in [0.05, 0.1) is 32.5 Å². The summed E-state index contributed by atoms with van der Waals surface area (Å²) in [6, 6.07) is -0.394. The van der Waals surface area contributed by atoms with Gasteiger partial charge >= 0.3 is 6.09 Å². The SMILES string of the molecule is CC(C)(C)OC(=O)NOCCOCCOCCCC(=O)[C@@H](N)CCCCN. The molecule has 27 heavy (non-hydrogen) atoms. The Morgan fingerprint density at radius 3 is 2.22 bits per heavy atom. The number of amides is 1. The van der Waals surface area contributed by atoms with Gasteiger partial charge in [0.1, 0.15) is 11.4 Å². The van der Waals surface area contributed by atoms with Gasteiger partial charge in [-0.15, -0.1) is 0 Å². The molecule has 5 N–H and O–H groups in total. The van der Waals surface area contributed by atoms with Gasteiger partial charge in [-0.3, -0.25) is 9.63 Å². The third-order valence-electron chi connectivity index (χ3n) is 3.35. The quantitative estimate of drug-likeness (QED) is 0.264. The van der Waals surface area contributed by atoms with Crippen molar-refractivity contribution in [2.24, 2.45) is 11.5 Å². The summed E-state index contributed by atoms with van der Waals surface area (Å²) < 4.78 is 15.7. The topological polar surface area (TPSA) is 135 Å². The monoisotopic (exact) mass is 391 g/mol. The molecule has 0 heterocycles. The lowest BCUT2D eigenvalue weighted by Gasteiger charge is -2.19. The van der Waals surface area contributed by atoms with Crippen LogP contribution in [-0.4, -0.2) is 63.1 Å². The molecule has 0 aromatic rings. The van der Waals surface area contributed by atoms with Crippen molar-refractivity contribution in [1.82, 2.24) is 5.48 Å². The summed E-state index contributed by atoms with van der Waals surface area (Å²) in [5, 5.41) is 0. The first kappa shape index (κ1) is 25.7. The molecule has 0 spiro atoms. The Labute approximate surface area is 162 Å². The summed E-state index contributed by atoms with van der Waals surface area (Å²) in [6.45, 7) is 7.77. The van der Waals surface area contributed by atoms with Crippen molar-refractivity contribution in [2.75, 3.05) is 39.6 Å². The van der Waals surface area contributed by atoms with Gasteiger partial charge in [0.25, 0.3) is 0 Å². The van der Waals surface area contributed by atoms with E-state index in [1.54, 1.807) is 20.8 Å². The maximum absolute atomic E-state index is 11.8. The predicted molar refractivity (Wildman–Crippen MR) is 102 cm³/mol. The summed E-state index contributed by atoms with van der Waals surface area (Å²) in [7, 11) is 0. The fraction of sp³-hybridized carbons (Fsp3) is 0.889. The highest BCUT2D eigenvalue weighted by atomic mass is 16.7. The number of hydroxylamine groups is 1. The number of hydrogen-bond acceptors (Lipinski definition) is 8. The van der Waals surface area contributed by atoms with Crippen LogP contribution in [-0.2, 0) is 23.8 Å². The number of carbonyl (C=O) groups excluding carboxylic acids is 2. The summed E-state index contributed by atoms with van der Waals surface area (Å²) in [5.41, 5.74) is 12.8. The van der Waals surface area contributed by atoms with Crippen LogP contribution >= 0.6 is 0 Å². The molecular weight excluding hydrogens is 354 g/mol. The number of Topliss-reactive ketones (excluding diaryl/α,β-unsaturated/α-hetero) is 1. The van der Waals surface area contributed by atoms with E-state index in [4.69, 9.17) is 30.5 Å². The van der Waals surface area contributed by atoms with E-state index in [2.05, 4.69) is 5.48 Å². The smallest absolute Gasteiger partial charge is 0.431 e. The van der Waals surface area contributed by atoms with Crippen LogP contribution in [0.2, 0.25) is 0 Å². The largest absolute Gasteiger partial charge is 0.442 e. The zero-order chi connectivity index (χ0) is 20.5. The van der Waals surface area contributed by atoms with Gasteiger partial charge in [-0.05, 0) is 46.6 Å². The average molecular weight is 392 g/mol. The van der Waals surface area contributed by atoms with Crippen molar-refractivity contribution in [3.05, 3.63) is 0 Å². The number of unbranched alkanes of at least 4 members (excludes halogenated alkanes) is 1. The number of carbonyl (C=O) groups is 2. The number of hydrogen-bond donors (Lipinski definition) is 3. The van der Waals surface area contributed by atoms with Gasteiger partial charge in [0, 0.05) is 13.0 Å². The van der Waals surface area contributed by atoms with Gasteiger partial charge < -0.3 is 25.7 Å². The third-order valence-corrected chi connectivity index (χ3v) is 3.35. The van der Waals surface area contributed by atoms with Gasteiger partial charge in [-0.1, -0.05) is 6.42 Å². The van der Waals surface area contributed by atoms with E-state index in [1.165, 1.54) is 0 Å². The van der Waals surface area contributed by atoms with Crippen LogP contribution in [0.25, 0.3) is 0 Å². The summed E-state index contributed by atoms with van der Waals surface area (Å²) in [4.78, 5) is 28.0. The molecule has 0 saturated carbocycles. The molecule has 0 rings (SSSR count). The van der Waals surface area contributed by atoms with E-state index >= 15 is 0 Å². The lowest BCUT2D eigenvalue weighted by Crippen LogP contribution is -2.33. The van der Waals surface area contributed by atoms with Crippen molar-refractivity contribution in [1.29, 1.82) is 0 Å². The molecule has 0 fully saturated rings. The maximum atomic E-state index is 11.8. The first-order valence-corrected chi connectivity index (χ1v) is 9.51. The second-order valence-corrected chi connectivity index (χ2v) is 7.14. The minimum absolute atomic E-state index is 0.0708. The minimum atomic E-state index is -0.639. The second kappa shape index (κ2) is 15.8. The molecule has 0 aliphatic carbocycles. The Balaban J connectivity index is 3.38. The van der Waals surface area contributed by atoms with Crippen LogP contribution < -0.4 is 16.9 Å². The molecule has 0 aromatic carbocycles. The molecule has 160 valence electrons. The van der Waals surface area contributed by atoms with Crippen LogP contribution in [0, 0.1) is 0 Å². The zero-order valence-electron chi connectivity index (χ0n) is 17.0. The molecule has 0 unspecified atom stereocenters. The van der Waals surface area contributed by atoms with Crippen LogP contribution in [0.3, 0.4) is 0 Å². The molecule has 9 heteroatoms. The van der Waals surface area contributed by atoms with Crippen LogP contribution in [0.1, 0.15) is 52.9 Å². The summed E-state index contributed by atoms with van der Waals surface area (Å²) in [6.07, 6.45) is 2.90. The molecule has 0 aliphatic heterocycles. The van der Waals surface area contributed by atoms with E-state index in [9.17, 15) is 9.59 Å². The number of ketones is 1. The highest BCUT2D eigenvalue weighted by Gasteiger charge is 2.15. The molecular formula is C18H37N3O6. The van der Waals surface area contributed by atoms with Crippen LogP contribution in [0.5, 0.6) is 0 Å². The minimum Gasteiger partial charge on any atom is -0.442 e. The van der Waals surface area contributed by atoms with Crippen molar-refractivity contribution in [3.8, 4) is 0 Å². The first-order valence-electron chi connectivity index (χ1n) is 9.51. The number of nitrogens with one attached hydrogen (secondary N) is 1. The fourth-order valence-electron chi connectivity index (χ4n) is 2.03. The van der Waals surface area contributed by atoms with Crippen LogP contribution in [0.4, 0.5) is 4.79 Å². The Kier molecular flexibility index (Phi) is 15.0. The maximum Gasteiger partial charge on any atom is 0.431 e. The molecule has 9 nitrogen and oxygen atoms in total. The van der Waals surface area contributed by atoms with E-state index in [0.717, 1.165) is 12.8 Å². The zero-order valence-corrected chi connectivity index (χ0v) is 17.0. The number of nitrogens with two attached hydrogens (primary N) is 2. The molecule has 0 bridgehead atoms. The molecule has 1 atom stereocenters. The third kappa shape index (κ3) is 17.9. The molecule has 0 aromatic heterocycles. The van der Waals surface area contributed by atoms with E-state index in [-0.39, 0.29) is 12.4 Å². The van der Waals surface area contributed by atoms with Gasteiger partial charge in [0.15, 0.2) is 0 Å². The number of ether oxygens (including phenoxy) is 3. The Bertz CT molecular complexity index is 401. The summed E-state index contributed by atoms with van der Waals surface area (Å²) >= 11 is 0. The Morgan fingerprint density at radius 2 is 1.59 bits per heavy atom. The predicted octanol–water partition coefficient (Wildman–Crippen LogP) is 1.28. The summed E-state index contributed by atoms with van der Waals surface area (Å²) in [5.74, 6) is 0.0708.